The van der Waals surface area contributed by atoms with Crippen LogP contribution in [0.2, 0.25) is 5.02 Å². The number of carbonyl (C=O) groups is 1. The summed E-state index contributed by atoms with van der Waals surface area (Å²) in [6.07, 6.45) is 1.52. The van der Waals surface area contributed by atoms with Crippen LogP contribution in [0.5, 0.6) is 11.6 Å². The number of carbonyl (C=O) groups excluding carboxylic acids is 1. The molecule has 0 fully saturated rings. The van der Waals surface area contributed by atoms with Crippen molar-refractivity contribution in [3.63, 3.8) is 0 Å². The van der Waals surface area contributed by atoms with Crippen LogP contribution < -0.4 is 4.74 Å². The largest absolute Gasteiger partial charge is 0.465 e. The second-order valence-electron chi connectivity index (χ2n) is 4.46. The second-order valence-corrected chi connectivity index (χ2v) is 4.90. The SMILES string of the molecule is COC(=O)c1ccc(Oc2cnc3cc(Cl)ccc3n2)cc1. The van der Waals surface area contributed by atoms with Crippen LogP contribution in [0.25, 0.3) is 11.0 Å². The van der Waals surface area contributed by atoms with E-state index in [9.17, 15) is 4.79 Å². The number of esters is 1. The summed E-state index contributed by atoms with van der Waals surface area (Å²) in [7, 11) is 1.34. The molecule has 1 aromatic heterocycles. The molecule has 0 radical (unpaired) electrons. The molecule has 0 aliphatic heterocycles. The first-order chi connectivity index (χ1) is 10.7. The summed E-state index contributed by atoms with van der Waals surface area (Å²) in [5, 5.41) is 0.605. The predicted molar refractivity (Wildman–Crippen MR) is 82.4 cm³/mol. The van der Waals surface area contributed by atoms with Crippen molar-refractivity contribution in [1.82, 2.24) is 9.97 Å². The normalized spacial score (nSPS) is 10.5. The lowest BCUT2D eigenvalue weighted by atomic mass is 10.2. The smallest absolute Gasteiger partial charge is 0.337 e. The molecule has 3 rings (SSSR count). The van der Waals surface area contributed by atoms with Crippen LogP contribution in [0.15, 0.2) is 48.7 Å². The Kier molecular flexibility index (Phi) is 3.89. The van der Waals surface area contributed by atoms with Crippen LogP contribution in [0.3, 0.4) is 0 Å². The molecule has 0 amide bonds. The third-order valence-electron chi connectivity index (χ3n) is 2.98. The number of methoxy groups -OCH3 is 1. The Labute approximate surface area is 131 Å². The van der Waals surface area contributed by atoms with E-state index in [1.165, 1.54) is 13.3 Å². The Morgan fingerprint density at radius 2 is 1.86 bits per heavy atom. The molecular weight excluding hydrogens is 304 g/mol. The highest BCUT2D eigenvalue weighted by Gasteiger charge is 2.06. The minimum Gasteiger partial charge on any atom is -0.465 e. The number of hydrogen-bond donors (Lipinski definition) is 0. The van der Waals surface area contributed by atoms with Crippen molar-refractivity contribution < 1.29 is 14.3 Å². The van der Waals surface area contributed by atoms with Gasteiger partial charge in [0.05, 0.1) is 29.9 Å². The van der Waals surface area contributed by atoms with E-state index in [2.05, 4.69) is 14.7 Å². The number of ether oxygens (including phenoxy) is 2. The lowest BCUT2D eigenvalue weighted by molar-refractivity contribution is 0.0600. The highest BCUT2D eigenvalue weighted by Crippen LogP contribution is 2.22. The Bertz CT molecular complexity index is 834. The summed E-state index contributed by atoms with van der Waals surface area (Å²) in [6.45, 7) is 0. The fourth-order valence-corrected chi connectivity index (χ4v) is 2.08. The number of aromatic nitrogens is 2. The zero-order chi connectivity index (χ0) is 15.5. The van der Waals surface area contributed by atoms with Gasteiger partial charge in [0.1, 0.15) is 5.75 Å². The van der Waals surface area contributed by atoms with E-state index in [1.807, 2.05) is 0 Å². The summed E-state index contributed by atoms with van der Waals surface area (Å²) in [4.78, 5) is 20.0. The average molecular weight is 315 g/mol. The van der Waals surface area contributed by atoms with Crippen LogP contribution in [0, 0.1) is 0 Å². The molecule has 0 aliphatic rings. The fourth-order valence-electron chi connectivity index (χ4n) is 1.91. The van der Waals surface area contributed by atoms with E-state index >= 15 is 0 Å². The topological polar surface area (TPSA) is 61.3 Å². The quantitative estimate of drug-likeness (QED) is 0.687. The first-order valence-electron chi connectivity index (χ1n) is 6.44. The molecule has 0 atom stereocenters. The highest BCUT2D eigenvalue weighted by atomic mass is 35.5. The minimum atomic E-state index is -0.395. The Balaban J connectivity index is 1.83. The van der Waals surface area contributed by atoms with Gasteiger partial charge in [-0.25, -0.2) is 14.8 Å². The van der Waals surface area contributed by atoms with Gasteiger partial charge in [-0.3, -0.25) is 0 Å². The van der Waals surface area contributed by atoms with Crippen LogP contribution in [-0.4, -0.2) is 23.0 Å². The van der Waals surface area contributed by atoms with Crippen molar-refractivity contribution in [2.24, 2.45) is 0 Å². The number of benzene rings is 2. The molecular formula is C16H11ClN2O3. The van der Waals surface area contributed by atoms with E-state index < -0.39 is 5.97 Å². The summed E-state index contributed by atoms with van der Waals surface area (Å²) in [5.41, 5.74) is 1.84. The summed E-state index contributed by atoms with van der Waals surface area (Å²) in [5.74, 6) is 0.518. The van der Waals surface area contributed by atoms with Gasteiger partial charge in [0, 0.05) is 5.02 Å². The van der Waals surface area contributed by atoms with Gasteiger partial charge >= 0.3 is 5.97 Å². The fraction of sp³-hybridized carbons (Fsp3) is 0.0625. The Morgan fingerprint density at radius 3 is 2.59 bits per heavy atom. The number of nitrogens with zero attached hydrogens (tertiary/aromatic N) is 2. The molecule has 0 unspecified atom stereocenters. The Hall–Kier alpha value is -2.66. The first-order valence-corrected chi connectivity index (χ1v) is 6.82. The van der Waals surface area contributed by atoms with E-state index in [0.717, 1.165) is 0 Å². The summed E-state index contributed by atoms with van der Waals surface area (Å²) >= 11 is 5.90. The highest BCUT2D eigenvalue weighted by molar-refractivity contribution is 6.31. The molecule has 22 heavy (non-hydrogen) atoms. The van der Waals surface area contributed by atoms with E-state index in [0.29, 0.717) is 33.2 Å². The second kappa shape index (κ2) is 5.99. The van der Waals surface area contributed by atoms with Crippen molar-refractivity contribution in [3.05, 3.63) is 59.2 Å². The molecule has 6 heteroatoms. The molecule has 0 aliphatic carbocycles. The van der Waals surface area contributed by atoms with Gasteiger partial charge in [-0.2, -0.15) is 0 Å². The van der Waals surface area contributed by atoms with Gasteiger partial charge < -0.3 is 9.47 Å². The van der Waals surface area contributed by atoms with E-state index in [4.69, 9.17) is 16.3 Å². The number of rotatable bonds is 3. The van der Waals surface area contributed by atoms with Gasteiger partial charge in [-0.05, 0) is 42.5 Å². The van der Waals surface area contributed by atoms with Crippen LogP contribution in [0.4, 0.5) is 0 Å². The average Bonchev–Trinajstić information content (AvgIpc) is 2.55. The molecule has 0 bridgehead atoms. The van der Waals surface area contributed by atoms with Gasteiger partial charge in [-0.1, -0.05) is 11.6 Å². The molecule has 0 N–H and O–H groups in total. The zero-order valence-electron chi connectivity index (χ0n) is 11.6. The predicted octanol–water partition coefficient (Wildman–Crippen LogP) is 3.86. The molecule has 110 valence electrons. The van der Waals surface area contributed by atoms with Crippen LogP contribution >= 0.6 is 11.6 Å². The molecule has 2 aromatic carbocycles. The standard InChI is InChI=1S/C16H11ClN2O3/c1-21-16(20)10-2-5-12(6-3-10)22-15-9-18-14-8-11(17)4-7-13(14)19-15/h2-9H,1H3. The van der Waals surface area contributed by atoms with E-state index in [1.54, 1.807) is 42.5 Å². The number of hydrogen-bond acceptors (Lipinski definition) is 5. The third-order valence-corrected chi connectivity index (χ3v) is 3.22. The molecule has 0 saturated heterocycles. The molecule has 3 aromatic rings. The van der Waals surface area contributed by atoms with Crippen molar-refractivity contribution in [2.75, 3.05) is 7.11 Å². The monoisotopic (exact) mass is 314 g/mol. The first kappa shape index (κ1) is 14.3. The van der Waals surface area contributed by atoms with Crippen molar-refractivity contribution in [1.29, 1.82) is 0 Å². The minimum absolute atomic E-state index is 0.362. The number of halogens is 1. The van der Waals surface area contributed by atoms with Crippen molar-refractivity contribution >= 4 is 28.6 Å². The van der Waals surface area contributed by atoms with Crippen molar-refractivity contribution in [2.45, 2.75) is 0 Å². The maximum atomic E-state index is 11.4. The lowest BCUT2D eigenvalue weighted by Gasteiger charge is -2.06. The number of fused-ring (bicyclic) bond motifs is 1. The van der Waals surface area contributed by atoms with Crippen LogP contribution in [0.1, 0.15) is 10.4 Å². The maximum absolute atomic E-state index is 11.4. The zero-order valence-corrected chi connectivity index (χ0v) is 12.4. The summed E-state index contributed by atoms with van der Waals surface area (Å²) < 4.78 is 10.3. The third kappa shape index (κ3) is 2.99. The van der Waals surface area contributed by atoms with Crippen molar-refractivity contribution in [3.8, 4) is 11.6 Å². The molecule has 5 nitrogen and oxygen atoms in total. The van der Waals surface area contributed by atoms with Gasteiger partial charge in [-0.15, -0.1) is 0 Å². The molecule has 1 heterocycles. The van der Waals surface area contributed by atoms with E-state index in [-0.39, 0.29) is 0 Å². The van der Waals surface area contributed by atoms with Gasteiger partial charge in [0.15, 0.2) is 0 Å². The summed E-state index contributed by atoms with van der Waals surface area (Å²) in [6, 6.07) is 11.8. The molecule has 0 spiro atoms. The van der Waals surface area contributed by atoms with Gasteiger partial charge in [0.25, 0.3) is 0 Å². The Morgan fingerprint density at radius 1 is 1.09 bits per heavy atom. The van der Waals surface area contributed by atoms with Crippen LogP contribution in [-0.2, 0) is 4.74 Å². The molecule has 0 saturated carbocycles. The lowest BCUT2D eigenvalue weighted by Crippen LogP contribution is -2.00. The van der Waals surface area contributed by atoms with Gasteiger partial charge in [0.2, 0.25) is 5.88 Å². The maximum Gasteiger partial charge on any atom is 0.337 e.